The minimum atomic E-state index is -0.175. The third kappa shape index (κ3) is 4.29. The van der Waals surface area contributed by atoms with E-state index in [9.17, 15) is 4.79 Å². The molecule has 2 N–H and O–H groups in total. The van der Waals surface area contributed by atoms with Gasteiger partial charge in [-0.25, -0.2) is 4.98 Å². The first kappa shape index (κ1) is 15.5. The van der Waals surface area contributed by atoms with Gasteiger partial charge in [0.1, 0.15) is 5.69 Å². The van der Waals surface area contributed by atoms with E-state index < -0.39 is 0 Å². The second kappa shape index (κ2) is 7.22. The molecule has 0 spiro atoms. The molecule has 0 saturated heterocycles. The van der Waals surface area contributed by atoms with Crippen molar-refractivity contribution in [1.29, 1.82) is 0 Å². The van der Waals surface area contributed by atoms with Crippen molar-refractivity contribution in [2.75, 3.05) is 11.9 Å². The molecule has 4 nitrogen and oxygen atoms in total. The maximum Gasteiger partial charge on any atom is 0.270 e. The van der Waals surface area contributed by atoms with E-state index in [-0.39, 0.29) is 11.9 Å². The lowest BCUT2D eigenvalue weighted by Crippen LogP contribution is -2.27. The van der Waals surface area contributed by atoms with Crippen LogP contribution in [0.1, 0.15) is 35.9 Å². The van der Waals surface area contributed by atoms with Crippen LogP contribution < -0.4 is 10.6 Å². The van der Waals surface area contributed by atoms with Gasteiger partial charge >= 0.3 is 0 Å². The van der Waals surface area contributed by atoms with Gasteiger partial charge in [-0.2, -0.15) is 0 Å². The fraction of sp³-hybridized carbons (Fsp3) is 0.250. The predicted octanol–water partition coefficient (Wildman–Crippen LogP) is 3.77. The summed E-state index contributed by atoms with van der Waals surface area (Å²) >= 11 is 3.43. The van der Waals surface area contributed by atoms with Gasteiger partial charge < -0.3 is 10.6 Å². The predicted molar refractivity (Wildman–Crippen MR) is 88.4 cm³/mol. The van der Waals surface area contributed by atoms with Crippen LogP contribution in [0.2, 0.25) is 0 Å². The van der Waals surface area contributed by atoms with Crippen LogP contribution in [0.5, 0.6) is 0 Å². The number of nitrogens with zero attached hydrogens (tertiary/aromatic N) is 1. The molecule has 21 heavy (non-hydrogen) atoms. The molecule has 2 rings (SSSR count). The zero-order valence-corrected chi connectivity index (χ0v) is 13.6. The number of anilines is 1. The van der Waals surface area contributed by atoms with Crippen LogP contribution in [0.4, 0.5) is 5.69 Å². The SMILES string of the molecule is CCNc1ccc(C(=O)NC(C)c2cccc(Br)c2)nc1. The fourth-order valence-electron chi connectivity index (χ4n) is 1.97. The van der Waals surface area contributed by atoms with Gasteiger partial charge in [-0.05, 0) is 43.7 Å². The standard InChI is InChI=1S/C16H18BrN3O/c1-3-18-14-7-8-15(19-10-14)16(21)20-11(2)12-5-4-6-13(17)9-12/h4-11,18H,3H2,1-2H3,(H,20,21). The van der Waals surface area contributed by atoms with Crippen molar-refractivity contribution in [3.63, 3.8) is 0 Å². The lowest BCUT2D eigenvalue weighted by molar-refractivity contribution is 0.0935. The average Bonchev–Trinajstić information content (AvgIpc) is 2.48. The van der Waals surface area contributed by atoms with Crippen molar-refractivity contribution >= 4 is 27.5 Å². The van der Waals surface area contributed by atoms with Gasteiger partial charge in [0.25, 0.3) is 5.91 Å². The van der Waals surface area contributed by atoms with Gasteiger partial charge in [-0.15, -0.1) is 0 Å². The largest absolute Gasteiger partial charge is 0.384 e. The number of nitrogens with one attached hydrogen (secondary N) is 2. The smallest absolute Gasteiger partial charge is 0.270 e. The Morgan fingerprint density at radius 1 is 1.33 bits per heavy atom. The van der Waals surface area contributed by atoms with Crippen molar-refractivity contribution in [3.8, 4) is 0 Å². The number of halogens is 1. The molecule has 1 atom stereocenters. The first-order chi connectivity index (χ1) is 10.1. The van der Waals surface area contributed by atoms with Gasteiger partial charge in [0, 0.05) is 11.0 Å². The molecule has 2 aromatic rings. The topological polar surface area (TPSA) is 54.0 Å². The fourth-order valence-corrected chi connectivity index (χ4v) is 2.38. The van der Waals surface area contributed by atoms with Crippen LogP contribution >= 0.6 is 15.9 Å². The third-order valence-electron chi connectivity index (χ3n) is 3.07. The lowest BCUT2D eigenvalue weighted by atomic mass is 10.1. The van der Waals surface area contributed by atoms with E-state index in [1.54, 1.807) is 12.3 Å². The van der Waals surface area contributed by atoms with Crippen LogP contribution in [0, 0.1) is 0 Å². The summed E-state index contributed by atoms with van der Waals surface area (Å²) in [6.45, 7) is 4.79. The minimum Gasteiger partial charge on any atom is -0.384 e. The Hall–Kier alpha value is -1.88. The van der Waals surface area contributed by atoms with E-state index in [1.807, 2.05) is 44.2 Å². The monoisotopic (exact) mass is 347 g/mol. The Balaban J connectivity index is 2.03. The number of benzene rings is 1. The molecule has 0 aliphatic rings. The van der Waals surface area contributed by atoms with Gasteiger partial charge in [0.2, 0.25) is 0 Å². The molecule has 1 aromatic heterocycles. The molecule has 0 aliphatic carbocycles. The number of pyridine rings is 1. The van der Waals surface area contributed by atoms with Gasteiger partial charge in [0.05, 0.1) is 17.9 Å². The summed E-state index contributed by atoms with van der Waals surface area (Å²) in [7, 11) is 0. The second-order valence-corrected chi connectivity index (χ2v) is 5.63. The van der Waals surface area contributed by atoms with Crippen LogP contribution in [-0.2, 0) is 0 Å². The number of carbonyl (C=O) groups is 1. The number of amides is 1. The van der Waals surface area contributed by atoms with Crippen molar-refractivity contribution in [3.05, 3.63) is 58.3 Å². The van der Waals surface area contributed by atoms with Crippen LogP contribution in [0.3, 0.4) is 0 Å². The van der Waals surface area contributed by atoms with E-state index >= 15 is 0 Å². The maximum absolute atomic E-state index is 12.2. The van der Waals surface area contributed by atoms with E-state index in [1.165, 1.54) is 0 Å². The summed E-state index contributed by atoms with van der Waals surface area (Å²) in [6.07, 6.45) is 1.67. The number of rotatable bonds is 5. The zero-order valence-electron chi connectivity index (χ0n) is 12.1. The molecule has 5 heteroatoms. The summed E-state index contributed by atoms with van der Waals surface area (Å²) < 4.78 is 0.995. The molecular weight excluding hydrogens is 330 g/mol. The minimum absolute atomic E-state index is 0.0785. The van der Waals surface area contributed by atoms with E-state index in [0.29, 0.717) is 5.69 Å². The highest BCUT2D eigenvalue weighted by atomic mass is 79.9. The maximum atomic E-state index is 12.2. The molecule has 0 radical (unpaired) electrons. The normalized spacial score (nSPS) is 11.8. The van der Waals surface area contributed by atoms with Gasteiger partial charge in [-0.3, -0.25) is 4.79 Å². The summed E-state index contributed by atoms with van der Waals surface area (Å²) in [6, 6.07) is 11.4. The van der Waals surface area contributed by atoms with E-state index in [4.69, 9.17) is 0 Å². The summed E-state index contributed by atoms with van der Waals surface area (Å²) in [5, 5.41) is 6.10. The number of carbonyl (C=O) groups excluding carboxylic acids is 1. The Morgan fingerprint density at radius 3 is 2.76 bits per heavy atom. The highest BCUT2D eigenvalue weighted by Crippen LogP contribution is 2.18. The van der Waals surface area contributed by atoms with Crippen molar-refractivity contribution in [2.45, 2.75) is 19.9 Å². The summed E-state index contributed by atoms with van der Waals surface area (Å²) in [5.74, 6) is -0.175. The first-order valence-corrected chi connectivity index (χ1v) is 7.65. The molecule has 0 fully saturated rings. The molecule has 1 unspecified atom stereocenters. The van der Waals surface area contributed by atoms with Gasteiger partial charge in [-0.1, -0.05) is 28.1 Å². The Morgan fingerprint density at radius 2 is 2.14 bits per heavy atom. The van der Waals surface area contributed by atoms with Crippen LogP contribution in [0.15, 0.2) is 47.1 Å². The van der Waals surface area contributed by atoms with E-state index in [2.05, 4.69) is 31.5 Å². The first-order valence-electron chi connectivity index (χ1n) is 6.86. The van der Waals surface area contributed by atoms with Crippen LogP contribution in [0.25, 0.3) is 0 Å². The molecule has 0 bridgehead atoms. The second-order valence-electron chi connectivity index (χ2n) is 4.71. The number of hydrogen-bond donors (Lipinski definition) is 2. The van der Waals surface area contributed by atoms with Crippen LogP contribution in [-0.4, -0.2) is 17.4 Å². The molecule has 1 amide bonds. The number of aromatic nitrogens is 1. The summed E-state index contributed by atoms with van der Waals surface area (Å²) in [4.78, 5) is 16.4. The third-order valence-corrected chi connectivity index (χ3v) is 3.57. The molecule has 1 heterocycles. The Bertz CT molecular complexity index is 613. The Labute approximate surface area is 133 Å². The molecule has 0 saturated carbocycles. The molecular formula is C16H18BrN3O. The van der Waals surface area contributed by atoms with Gasteiger partial charge in [0.15, 0.2) is 0 Å². The average molecular weight is 348 g/mol. The van der Waals surface area contributed by atoms with Crippen molar-refractivity contribution in [2.24, 2.45) is 0 Å². The highest BCUT2D eigenvalue weighted by Gasteiger charge is 2.12. The van der Waals surface area contributed by atoms with Crippen molar-refractivity contribution in [1.82, 2.24) is 10.3 Å². The molecule has 110 valence electrons. The molecule has 1 aromatic carbocycles. The Kier molecular flexibility index (Phi) is 5.33. The number of hydrogen-bond acceptors (Lipinski definition) is 3. The quantitative estimate of drug-likeness (QED) is 0.865. The van der Waals surface area contributed by atoms with Crippen molar-refractivity contribution < 1.29 is 4.79 Å². The molecule has 0 aliphatic heterocycles. The highest BCUT2D eigenvalue weighted by molar-refractivity contribution is 9.10. The van der Waals surface area contributed by atoms with E-state index in [0.717, 1.165) is 22.3 Å². The summed E-state index contributed by atoms with van der Waals surface area (Å²) in [5.41, 5.74) is 2.37. The lowest BCUT2D eigenvalue weighted by Gasteiger charge is -2.14. The zero-order chi connectivity index (χ0) is 15.2.